The number of fused-ring (bicyclic) bond motifs is 1. The average molecular weight is 398 g/mol. The average Bonchev–Trinajstić information content (AvgIpc) is 3.22. The van der Waals surface area contributed by atoms with Gasteiger partial charge in [0.1, 0.15) is 5.82 Å². The molecule has 2 aromatic rings. The van der Waals surface area contributed by atoms with Crippen LogP contribution in [0.3, 0.4) is 0 Å². The van der Waals surface area contributed by atoms with Gasteiger partial charge in [0.2, 0.25) is 12.7 Å². The fourth-order valence-corrected chi connectivity index (χ4v) is 3.64. The van der Waals surface area contributed by atoms with Gasteiger partial charge in [-0.25, -0.2) is 4.39 Å². The van der Waals surface area contributed by atoms with Gasteiger partial charge < -0.3 is 19.7 Å². The van der Waals surface area contributed by atoms with Crippen LogP contribution in [0, 0.1) is 18.7 Å². The van der Waals surface area contributed by atoms with Gasteiger partial charge in [-0.05, 0) is 55.2 Å². The summed E-state index contributed by atoms with van der Waals surface area (Å²) in [7, 11) is 0. The topological polar surface area (TPSA) is 67.9 Å². The molecule has 0 aliphatic carbocycles. The van der Waals surface area contributed by atoms with Gasteiger partial charge in [0, 0.05) is 31.1 Å². The fourth-order valence-electron chi connectivity index (χ4n) is 3.64. The molecule has 0 saturated carbocycles. The highest BCUT2D eigenvalue weighted by Crippen LogP contribution is 2.33. The van der Waals surface area contributed by atoms with E-state index in [1.807, 2.05) is 6.07 Å². The van der Waals surface area contributed by atoms with Gasteiger partial charge in [-0.1, -0.05) is 12.1 Å². The van der Waals surface area contributed by atoms with Crippen LogP contribution in [0.4, 0.5) is 4.39 Å². The first-order valence-corrected chi connectivity index (χ1v) is 9.73. The molecule has 0 spiro atoms. The Morgan fingerprint density at radius 2 is 1.86 bits per heavy atom. The maximum absolute atomic E-state index is 13.6. The van der Waals surface area contributed by atoms with E-state index in [0.717, 1.165) is 5.56 Å². The third-order valence-corrected chi connectivity index (χ3v) is 5.48. The Hall–Kier alpha value is -3.09. The number of hydrogen-bond donors (Lipinski definition) is 1. The van der Waals surface area contributed by atoms with E-state index < -0.39 is 0 Å². The zero-order valence-electron chi connectivity index (χ0n) is 16.2. The second-order valence-corrected chi connectivity index (χ2v) is 7.44. The lowest BCUT2D eigenvalue weighted by atomic mass is 9.95. The molecule has 2 aliphatic heterocycles. The monoisotopic (exact) mass is 398 g/mol. The third kappa shape index (κ3) is 4.18. The zero-order valence-corrected chi connectivity index (χ0v) is 16.2. The van der Waals surface area contributed by atoms with Gasteiger partial charge in [-0.3, -0.25) is 9.59 Å². The number of piperidine rings is 1. The van der Waals surface area contributed by atoms with Crippen LogP contribution in [0.1, 0.15) is 34.3 Å². The van der Waals surface area contributed by atoms with Crippen LogP contribution in [0.25, 0.3) is 0 Å². The number of likely N-dealkylation sites (tertiary alicyclic amines) is 1. The molecule has 2 heterocycles. The van der Waals surface area contributed by atoms with Crippen LogP contribution in [0.2, 0.25) is 0 Å². The summed E-state index contributed by atoms with van der Waals surface area (Å²) in [5.41, 5.74) is 1.87. The molecule has 7 heteroatoms. The van der Waals surface area contributed by atoms with E-state index in [0.29, 0.717) is 55.1 Å². The van der Waals surface area contributed by atoms with Crippen LogP contribution < -0.4 is 14.8 Å². The number of carbonyl (C=O) groups is 2. The molecule has 0 bridgehead atoms. The van der Waals surface area contributed by atoms with E-state index in [1.54, 1.807) is 36.1 Å². The standard InChI is InChI=1S/C22H23FN2O4/c1-14-2-3-15(10-18(14)23)12-24-21(26)16-6-8-25(9-7-16)22(27)17-4-5-19-20(11-17)29-13-28-19/h2-5,10-11,16H,6-9,12-13H2,1H3,(H,24,26). The van der Waals surface area contributed by atoms with Crippen molar-refractivity contribution in [2.45, 2.75) is 26.3 Å². The van der Waals surface area contributed by atoms with Crippen molar-refractivity contribution in [2.24, 2.45) is 5.92 Å². The normalized spacial score (nSPS) is 16.0. The number of benzene rings is 2. The minimum atomic E-state index is -0.271. The van der Waals surface area contributed by atoms with Crippen LogP contribution in [-0.4, -0.2) is 36.6 Å². The highest BCUT2D eigenvalue weighted by Gasteiger charge is 2.28. The minimum absolute atomic E-state index is 0.0545. The molecule has 0 atom stereocenters. The Kier molecular flexibility index (Phi) is 5.38. The van der Waals surface area contributed by atoms with Gasteiger partial charge in [0.05, 0.1) is 0 Å². The SMILES string of the molecule is Cc1ccc(CNC(=O)C2CCN(C(=O)c3ccc4c(c3)OCO4)CC2)cc1F. The number of rotatable bonds is 4. The summed E-state index contributed by atoms with van der Waals surface area (Å²) in [5, 5.41) is 2.88. The largest absolute Gasteiger partial charge is 0.454 e. The van der Waals surface area contributed by atoms with Gasteiger partial charge in [-0.2, -0.15) is 0 Å². The summed E-state index contributed by atoms with van der Waals surface area (Å²) in [6.45, 7) is 3.21. The lowest BCUT2D eigenvalue weighted by Gasteiger charge is -2.31. The van der Waals surface area contributed by atoms with Crippen molar-refractivity contribution >= 4 is 11.8 Å². The van der Waals surface area contributed by atoms with E-state index in [2.05, 4.69) is 5.32 Å². The first-order chi connectivity index (χ1) is 14.0. The Balaban J connectivity index is 1.29. The number of nitrogens with one attached hydrogen (secondary N) is 1. The van der Waals surface area contributed by atoms with Crippen molar-refractivity contribution in [3.8, 4) is 11.5 Å². The fraction of sp³-hybridized carbons (Fsp3) is 0.364. The molecular formula is C22H23FN2O4. The number of carbonyl (C=O) groups excluding carboxylic acids is 2. The van der Waals surface area contributed by atoms with E-state index >= 15 is 0 Å². The van der Waals surface area contributed by atoms with Crippen molar-refractivity contribution < 1.29 is 23.5 Å². The lowest BCUT2D eigenvalue weighted by molar-refractivity contribution is -0.126. The van der Waals surface area contributed by atoms with Crippen molar-refractivity contribution in [3.63, 3.8) is 0 Å². The summed E-state index contributed by atoms with van der Waals surface area (Å²) < 4.78 is 24.2. The van der Waals surface area contributed by atoms with Gasteiger partial charge in [-0.15, -0.1) is 0 Å². The number of hydrogen-bond acceptors (Lipinski definition) is 4. The molecule has 0 radical (unpaired) electrons. The summed E-state index contributed by atoms with van der Waals surface area (Å²) in [5.74, 6) is 0.680. The van der Waals surface area contributed by atoms with Crippen LogP contribution >= 0.6 is 0 Å². The molecule has 0 aromatic heterocycles. The van der Waals surface area contributed by atoms with Crippen LogP contribution in [0.15, 0.2) is 36.4 Å². The second kappa shape index (κ2) is 8.11. The number of ether oxygens (including phenoxy) is 2. The number of amides is 2. The second-order valence-electron chi connectivity index (χ2n) is 7.44. The van der Waals surface area contributed by atoms with E-state index in [4.69, 9.17) is 9.47 Å². The molecule has 1 fully saturated rings. The predicted octanol–water partition coefficient (Wildman–Crippen LogP) is 3.03. The van der Waals surface area contributed by atoms with E-state index in [1.165, 1.54) is 6.07 Å². The number of aryl methyl sites for hydroxylation is 1. The van der Waals surface area contributed by atoms with E-state index in [9.17, 15) is 14.0 Å². The maximum Gasteiger partial charge on any atom is 0.253 e. The molecule has 2 aromatic carbocycles. The van der Waals surface area contributed by atoms with Gasteiger partial charge in [0.15, 0.2) is 11.5 Å². The van der Waals surface area contributed by atoms with Crippen molar-refractivity contribution in [2.75, 3.05) is 19.9 Å². The highest BCUT2D eigenvalue weighted by molar-refractivity contribution is 5.95. The zero-order chi connectivity index (χ0) is 20.4. The summed E-state index contributed by atoms with van der Waals surface area (Å²) in [6.07, 6.45) is 1.20. The van der Waals surface area contributed by atoms with Gasteiger partial charge >= 0.3 is 0 Å². The quantitative estimate of drug-likeness (QED) is 0.860. The summed E-state index contributed by atoms with van der Waals surface area (Å²) in [6, 6.07) is 10.1. The Bertz CT molecular complexity index is 938. The Labute approximate surface area is 168 Å². The minimum Gasteiger partial charge on any atom is -0.454 e. The molecule has 1 saturated heterocycles. The molecule has 4 rings (SSSR count). The molecule has 0 unspecified atom stereocenters. The molecule has 152 valence electrons. The number of halogens is 1. The number of nitrogens with zero attached hydrogens (tertiary/aromatic N) is 1. The summed E-state index contributed by atoms with van der Waals surface area (Å²) >= 11 is 0. The van der Waals surface area contributed by atoms with E-state index in [-0.39, 0.29) is 30.3 Å². The predicted molar refractivity (Wildman–Crippen MR) is 104 cm³/mol. The summed E-state index contributed by atoms with van der Waals surface area (Å²) in [4.78, 5) is 27.0. The van der Waals surface area contributed by atoms with Crippen molar-refractivity contribution in [1.82, 2.24) is 10.2 Å². The highest BCUT2D eigenvalue weighted by atomic mass is 19.1. The maximum atomic E-state index is 13.6. The van der Waals surface area contributed by atoms with Crippen molar-refractivity contribution in [1.29, 1.82) is 0 Å². The lowest BCUT2D eigenvalue weighted by Crippen LogP contribution is -2.42. The molecule has 2 aliphatic rings. The first kappa shape index (κ1) is 19.2. The third-order valence-electron chi connectivity index (χ3n) is 5.48. The molecule has 2 amide bonds. The molecular weight excluding hydrogens is 375 g/mol. The smallest absolute Gasteiger partial charge is 0.253 e. The Morgan fingerprint density at radius 1 is 1.10 bits per heavy atom. The molecule has 1 N–H and O–H groups in total. The van der Waals surface area contributed by atoms with Crippen LogP contribution in [-0.2, 0) is 11.3 Å². The molecule has 6 nitrogen and oxygen atoms in total. The van der Waals surface area contributed by atoms with Crippen LogP contribution in [0.5, 0.6) is 11.5 Å². The van der Waals surface area contributed by atoms with Gasteiger partial charge in [0.25, 0.3) is 5.91 Å². The molecule has 29 heavy (non-hydrogen) atoms. The Morgan fingerprint density at radius 3 is 2.62 bits per heavy atom. The first-order valence-electron chi connectivity index (χ1n) is 9.73. The van der Waals surface area contributed by atoms with Crippen molar-refractivity contribution in [3.05, 3.63) is 58.9 Å².